The van der Waals surface area contributed by atoms with E-state index < -0.39 is 32.0 Å². The minimum Gasteiger partial charge on any atom is -0.337 e. The molecule has 0 aromatic heterocycles. The van der Waals surface area contributed by atoms with Gasteiger partial charge in [0.2, 0.25) is 10.0 Å². The molecule has 0 aliphatic carbocycles. The smallest absolute Gasteiger partial charge is 0.328 e. The molecule has 1 heterocycles. The molecule has 0 radical (unpaired) electrons. The van der Waals surface area contributed by atoms with Gasteiger partial charge in [-0.2, -0.15) is 4.31 Å². The predicted octanol–water partition coefficient (Wildman–Crippen LogP) is 2.90. The van der Waals surface area contributed by atoms with E-state index in [0.29, 0.717) is 25.3 Å². The number of nitrogens with zero attached hydrogens (tertiary/aromatic N) is 1. The number of amides is 3. The van der Waals surface area contributed by atoms with E-state index in [4.69, 9.17) is 0 Å². The first-order valence-corrected chi connectivity index (χ1v) is 14.4. The summed E-state index contributed by atoms with van der Waals surface area (Å²) in [7, 11) is -7.65. The number of sulfonamides is 2. The molecule has 35 heavy (non-hydrogen) atoms. The first-order chi connectivity index (χ1) is 16.6. The number of anilines is 1. The number of carbonyl (C=O) groups is 2. The first-order valence-electron chi connectivity index (χ1n) is 11.5. The Kier molecular flexibility index (Phi) is 8.87. The molecule has 0 unspecified atom stereocenters. The summed E-state index contributed by atoms with van der Waals surface area (Å²) in [5.41, 5.74) is 0.594. The highest BCUT2D eigenvalue weighted by atomic mass is 32.2. The van der Waals surface area contributed by atoms with Crippen LogP contribution in [0.5, 0.6) is 0 Å². The van der Waals surface area contributed by atoms with Crippen molar-refractivity contribution in [3.63, 3.8) is 0 Å². The van der Waals surface area contributed by atoms with Gasteiger partial charge in [-0.05, 0) is 67.8 Å². The molecule has 3 amide bonds. The first kappa shape index (κ1) is 26.6. The Labute approximate surface area is 206 Å². The lowest BCUT2D eigenvalue weighted by atomic mass is 10.2. The third kappa shape index (κ3) is 7.03. The van der Waals surface area contributed by atoms with Gasteiger partial charge in [0.25, 0.3) is 15.9 Å². The highest BCUT2D eigenvalue weighted by Crippen LogP contribution is 2.21. The van der Waals surface area contributed by atoms with Crippen LogP contribution in [0.3, 0.4) is 0 Å². The summed E-state index contributed by atoms with van der Waals surface area (Å²) in [6.45, 7) is 3.31. The molecule has 2 aromatic rings. The Balaban J connectivity index is 1.61. The van der Waals surface area contributed by atoms with Gasteiger partial charge in [0.1, 0.15) is 0 Å². The van der Waals surface area contributed by atoms with Gasteiger partial charge in [-0.15, -0.1) is 0 Å². The molecular formula is C23H30N4O6S2. The fourth-order valence-electron chi connectivity index (χ4n) is 3.55. The average molecular weight is 523 g/mol. The van der Waals surface area contributed by atoms with Crippen LogP contribution in [0, 0.1) is 0 Å². The van der Waals surface area contributed by atoms with Crippen molar-refractivity contribution in [1.82, 2.24) is 14.3 Å². The average Bonchev–Trinajstić information content (AvgIpc) is 2.85. The van der Waals surface area contributed by atoms with Crippen LogP contribution < -0.4 is 15.4 Å². The summed E-state index contributed by atoms with van der Waals surface area (Å²) in [6.07, 6.45) is 4.29. The van der Waals surface area contributed by atoms with Crippen LogP contribution in [0.2, 0.25) is 0 Å². The minimum atomic E-state index is -4.06. The molecule has 3 rings (SSSR count). The zero-order valence-electron chi connectivity index (χ0n) is 19.5. The van der Waals surface area contributed by atoms with Crippen LogP contribution in [0.25, 0.3) is 0 Å². The summed E-state index contributed by atoms with van der Waals surface area (Å²) < 4.78 is 53.6. The van der Waals surface area contributed by atoms with Gasteiger partial charge in [0.05, 0.1) is 9.79 Å². The molecule has 3 N–H and O–H groups in total. The summed E-state index contributed by atoms with van der Waals surface area (Å²) in [5.74, 6) is -0.476. The van der Waals surface area contributed by atoms with Crippen molar-refractivity contribution >= 4 is 37.7 Å². The maximum absolute atomic E-state index is 12.8. The summed E-state index contributed by atoms with van der Waals surface area (Å²) >= 11 is 0. The second-order valence-corrected chi connectivity index (χ2v) is 11.8. The lowest BCUT2D eigenvalue weighted by Crippen LogP contribution is -2.39. The highest BCUT2D eigenvalue weighted by Gasteiger charge is 2.26. The summed E-state index contributed by atoms with van der Waals surface area (Å²) in [6, 6.07) is 10.2. The van der Waals surface area contributed by atoms with E-state index in [-0.39, 0.29) is 15.4 Å². The van der Waals surface area contributed by atoms with Crippen molar-refractivity contribution in [2.24, 2.45) is 0 Å². The molecular weight excluding hydrogens is 492 g/mol. The number of nitrogens with one attached hydrogen (secondary N) is 3. The van der Waals surface area contributed by atoms with E-state index in [1.165, 1.54) is 52.8 Å². The highest BCUT2D eigenvalue weighted by molar-refractivity contribution is 7.90. The maximum Gasteiger partial charge on any atom is 0.328 e. The van der Waals surface area contributed by atoms with Gasteiger partial charge in [0, 0.05) is 30.9 Å². The second-order valence-electron chi connectivity index (χ2n) is 8.18. The zero-order valence-corrected chi connectivity index (χ0v) is 21.1. The van der Waals surface area contributed by atoms with Crippen LogP contribution in [0.4, 0.5) is 10.5 Å². The summed E-state index contributed by atoms with van der Waals surface area (Å²) in [4.78, 5) is 24.3. The fourth-order valence-corrected chi connectivity index (χ4v) is 5.99. The van der Waals surface area contributed by atoms with Gasteiger partial charge < -0.3 is 10.6 Å². The molecule has 12 heteroatoms. The van der Waals surface area contributed by atoms with Crippen molar-refractivity contribution in [1.29, 1.82) is 0 Å². The maximum atomic E-state index is 12.8. The van der Waals surface area contributed by atoms with Crippen LogP contribution in [-0.4, -0.2) is 52.7 Å². The van der Waals surface area contributed by atoms with Gasteiger partial charge in [-0.1, -0.05) is 19.8 Å². The predicted molar refractivity (Wildman–Crippen MR) is 132 cm³/mol. The molecule has 0 atom stereocenters. The number of hydrogen-bond donors (Lipinski definition) is 3. The molecule has 0 saturated carbocycles. The SMILES string of the molecule is CCCCNC(=O)NS(=O)(=O)c1ccc(NC(=O)c2ccc(S(=O)(=O)N3CCCCC3)cc2)cc1. The topological polar surface area (TPSA) is 142 Å². The lowest BCUT2D eigenvalue weighted by Gasteiger charge is -2.25. The number of piperidine rings is 1. The molecule has 10 nitrogen and oxygen atoms in total. The van der Waals surface area contributed by atoms with Crippen molar-refractivity contribution in [3.8, 4) is 0 Å². The van der Waals surface area contributed by atoms with E-state index >= 15 is 0 Å². The van der Waals surface area contributed by atoms with Gasteiger partial charge in [0.15, 0.2) is 0 Å². The molecule has 190 valence electrons. The Morgan fingerprint density at radius 2 is 1.46 bits per heavy atom. The third-order valence-electron chi connectivity index (χ3n) is 5.53. The standard InChI is InChI=1S/C23H30N4O6S2/c1-2-3-15-24-23(29)26-34(30,31)20-13-9-19(10-14-20)25-22(28)18-7-11-21(12-8-18)35(32,33)27-16-5-4-6-17-27/h7-14H,2-6,15-17H2,1H3,(H,25,28)(H2,24,26,29). The van der Waals surface area contributed by atoms with Crippen LogP contribution in [-0.2, 0) is 20.0 Å². The fraction of sp³-hybridized carbons (Fsp3) is 0.391. The normalized spacial score (nSPS) is 14.8. The van der Waals surface area contributed by atoms with E-state index in [9.17, 15) is 26.4 Å². The van der Waals surface area contributed by atoms with Crippen LogP contribution in [0.1, 0.15) is 49.4 Å². The van der Waals surface area contributed by atoms with Crippen molar-refractivity contribution in [2.45, 2.75) is 48.8 Å². The quantitative estimate of drug-likeness (QED) is 0.432. The van der Waals surface area contributed by atoms with Crippen LogP contribution >= 0.6 is 0 Å². The van der Waals surface area contributed by atoms with Crippen molar-refractivity contribution in [3.05, 3.63) is 54.1 Å². The van der Waals surface area contributed by atoms with E-state index in [1.54, 1.807) is 0 Å². The Hall–Kier alpha value is -2.96. The number of hydrogen-bond acceptors (Lipinski definition) is 6. The Bertz CT molecular complexity index is 1240. The molecule has 0 spiro atoms. The van der Waals surface area contributed by atoms with Gasteiger partial charge in [-0.3, -0.25) is 4.79 Å². The number of benzene rings is 2. The number of urea groups is 1. The lowest BCUT2D eigenvalue weighted by molar-refractivity contribution is 0.102. The Morgan fingerprint density at radius 1 is 0.857 bits per heavy atom. The molecule has 1 aliphatic heterocycles. The number of carbonyl (C=O) groups excluding carboxylic acids is 2. The van der Waals surface area contributed by atoms with E-state index in [2.05, 4.69) is 10.6 Å². The van der Waals surface area contributed by atoms with E-state index in [0.717, 1.165) is 32.1 Å². The van der Waals surface area contributed by atoms with Crippen LogP contribution in [0.15, 0.2) is 58.3 Å². The van der Waals surface area contributed by atoms with Gasteiger partial charge >= 0.3 is 6.03 Å². The minimum absolute atomic E-state index is 0.131. The summed E-state index contributed by atoms with van der Waals surface area (Å²) in [5, 5.41) is 5.11. The molecule has 1 aliphatic rings. The zero-order chi connectivity index (χ0) is 25.5. The number of unbranched alkanes of at least 4 members (excludes halogenated alkanes) is 1. The molecule has 0 bridgehead atoms. The third-order valence-corrected chi connectivity index (χ3v) is 8.79. The molecule has 1 saturated heterocycles. The number of rotatable bonds is 9. The second kappa shape index (κ2) is 11.6. The molecule has 2 aromatic carbocycles. The van der Waals surface area contributed by atoms with Crippen molar-refractivity contribution in [2.75, 3.05) is 25.0 Å². The van der Waals surface area contributed by atoms with Gasteiger partial charge in [-0.25, -0.2) is 26.4 Å². The van der Waals surface area contributed by atoms with Crippen molar-refractivity contribution < 1.29 is 26.4 Å². The largest absolute Gasteiger partial charge is 0.337 e. The monoisotopic (exact) mass is 522 g/mol. The van der Waals surface area contributed by atoms with E-state index in [1.807, 2.05) is 11.6 Å². The Morgan fingerprint density at radius 3 is 2.06 bits per heavy atom. The molecule has 1 fully saturated rings.